The zero-order valence-electron chi connectivity index (χ0n) is 11.3. The lowest BCUT2D eigenvalue weighted by Crippen LogP contribution is -2.13. The van der Waals surface area contributed by atoms with Gasteiger partial charge in [0.25, 0.3) is 0 Å². The Kier molecular flexibility index (Phi) is 3.79. The first-order valence-electron chi connectivity index (χ1n) is 5.69. The van der Waals surface area contributed by atoms with E-state index in [1.807, 2.05) is 20.8 Å². The highest BCUT2D eigenvalue weighted by atomic mass is 16.5. The molecule has 0 saturated carbocycles. The summed E-state index contributed by atoms with van der Waals surface area (Å²) in [6, 6.07) is 3.22. The smallest absolute Gasteiger partial charge is 0.308 e. The first-order chi connectivity index (χ1) is 8.12. The van der Waals surface area contributed by atoms with Crippen molar-refractivity contribution in [3.63, 3.8) is 0 Å². The highest BCUT2D eigenvalue weighted by molar-refractivity contribution is 5.98. The third-order valence-electron chi connectivity index (χ3n) is 2.57. The molecule has 0 aliphatic heterocycles. The summed E-state index contributed by atoms with van der Waals surface area (Å²) in [4.78, 5) is 22.5. The van der Waals surface area contributed by atoms with E-state index in [4.69, 9.17) is 4.74 Å². The van der Waals surface area contributed by atoms with Gasteiger partial charge in [-0.05, 0) is 30.0 Å². The molecular weight excluding hydrogens is 232 g/mol. The van der Waals surface area contributed by atoms with Gasteiger partial charge in [0.1, 0.15) is 0 Å². The highest BCUT2D eigenvalue weighted by Crippen LogP contribution is 2.36. The molecule has 0 aromatic heterocycles. The normalized spacial score (nSPS) is 11.2. The van der Waals surface area contributed by atoms with Crippen LogP contribution in [0.5, 0.6) is 11.5 Å². The molecule has 4 nitrogen and oxygen atoms in total. The predicted molar refractivity (Wildman–Crippen MR) is 68.1 cm³/mol. The van der Waals surface area contributed by atoms with Gasteiger partial charge in [0.15, 0.2) is 17.3 Å². The number of phenols is 1. The summed E-state index contributed by atoms with van der Waals surface area (Å²) in [5, 5.41) is 9.90. The Morgan fingerprint density at radius 1 is 1.17 bits per heavy atom. The minimum atomic E-state index is -0.536. The monoisotopic (exact) mass is 250 g/mol. The van der Waals surface area contributed by atoms with Gasteiger partial charge in [0.2, 0.25) is 0 Å². The van der Waals surface area contributed by atoms with Crippen molar-refractivity contribution in [1.29, 1.82) is 0 Å². The van der Waals surface area contributed by atoms with Crippen molar-refractivity contribution in [3.8, 4) is 11.5 Å². The van der Waals surface area contributed by atoms with Crippen LogP contribution >= 0.6 is 0 Å². The van der Waals surface area contributed by atoms with Crippen LogP contribution < -0.4 is 4.74 Å². The van der Waals surface area contributed by atoms with Gasteiger partial charge in [0.05, 0.1) is 5.56 Å². The topological polar surface area (TPSA) is 63.6 Å². The van der Waals surface area contributed by atoms with E-state index in [1.54, 1.807) is 12.1 Å². The second kappa shape index (κ2) is 4.80. The molecule has 0 heterocycles. The molecule has 1 aromatic carbocycles. The summed E-state index contributed by atoms with van der Waals surface area (Å²) in [6.07, 6.45) is 0. The van der Waals surface area contributed by atoms with Crippen LogP contribution in [-0.4, -0.2) is 16.9 Å². The van der Waals surface area contributed by atoms with Crippen molar-refractivity contribution < 1.29 is 19.4 Å². The fraction of sp³-hybridized carbons (Fsp3) is 0.429. The average Bonchev–Trinajstić information content (AvgIpc) is 2.18. The van der Waals surface area contributed by atoms with Crippen LogP contribution in [0.4, 0.5) is 0 Å². The minimum Gasteiger partial charge on any atom is -0.504 e. The van der Waals surface area contributed by atoms with E-state index < -0.39 is 5.97 Å². The zero-order valence-corrected chi connectivity index (χ0v) is 11.3. The third-order valence-corrected chi connectivity index (χ3v) is 2.57. The average molecular weight is 250 g/mol. The van der Waals surface area contributed by atoms with Crippen LogP contribution in [0.25, 0.3) is 0 Å². The first-order valence-corrected chi connectivity index (χ1v) is 5.69. The van der Waals surface area contributed by atoms with Gasteiger partial charge in [-0.25, -0.2) is 0 Å². The molecule has 0 radical (unpaired) electrons. The molecule has 1 N–H and O–H groups in total. The number of esters is 1. The third kappa shape index (κ3) is 3.09. The summed E-state index contributed by atoms with van der Waals surface area (Å²) >= 11 is 0. The molecule has 0 bridgehead atoms. The van der Waals surface area contributed by atoms with E-state index in [0.29, 0.717) is 0 Å². The van der Waals surface area contributed by atoms with E-state index >= 15 is 0 Å². The van der Waals surface area contributed by atoms with Gasteiger partial charge in [0, 0.05) is 6.92 Å². The number of hydrogen-bond acceptors (Lipinski definition) is 4. The molecule has 1 rings (SSSR count). The summed E-state index contributed by atoms with van der Waals surface area (Å²) in [6.45, 7) is 8.53. The van der Waals surface area contributed by atoms with E-state index in [0.717, 1.165) is 5.56 Å². The molecule has 1 aromatic rings. The van der Waals surface area contributed by atoms with Gasteiger partial charge in [-0.1, -0.05) is 20.8 Å². The van der Waals surface area contributed by atoms with Crippen molar-refractivity contribution in [2.45, 2.75) is 40.0 Å². The first kappa shape index (κ1) is 14.2. The molecular formula is C14H18O4. The van der Waals surface area contributed by atoms with Crippen LogP contribution in [0.15, 0.2) is 12.1 Å². The van der Waals surface area contributed by atoms with E-state index in [1.165, 1.54) is 13.8 Å². The second-order valence-corrected chi connectivity index (χ2v) is 5.27. The van der Waals surface area contributed by atoms with Crippen molar-refractivity contribution >= 4 is 11.8 Å². The quantitative estimate of drug-likeness (QED) is 0.498. The van der Waals surface area contributed by atoms with Gasteiger partial charge < -0.3 is 9.84 Å². The number of carbonyl (C=O) groups is 2. The van der Waals surface area contributed by atoms with E-state index in [2.05, 4.69) is 0 Å². The predicted octanol–water partition coefficient (Wildman–Crippen LogP) is 2.82. The Bertz CT molecular complexity index is 495. The Balaban J connectivity index is 3.46. The van der Waals surface area contributed by atoms with Crippen LogP contribution in [0.1, 0.15) is 50.5 Å². The highest BCUT2D eigenvalue weighted by Gasteiger charge is 2.21. The van der Waals surface area contributed by atoms with E-state index in [9.17, 15) is 14.7 Å². The largest absolute Gasteiger partial charge is 0.504 e. The maximum Gasteiger partial charge on any atom is 0.308 e. The molecule has 4 heteroatoms. The van der Waals surface area contributed by atoms with Crippen molar-refractivity contribution in [3.05, 3.63) is 23.3 Å². The van der Waals surface area contributed by atoms with Gasteiger partial charge in [-0.15, -0.1) is 0 Å². The van der Waals surface area contributed by atoms with Crippen LogP contribution in [0.2, 0.25) is 0 Å². The Morgan fingerprint density at radius 3 is 2.11 bits per heavy atom. The maximum atomic E-state index is 11.5. The number of benzene rings is 1. The molecule has 0 amide bonds. The standard InChI is InChI=1S/C14H18O4/c1-8(15)11-6-10(14(3,4)5)7-12(13(11)17)18-9(2)16/h6-7,17H,1-5H3. The van der Waals surface area contributed by atoms with Crippen LogP contribution in [-0.2, 0) is 10.2 Å². The van der Waals surface area contributed by atoms with E-state index in [-0.39, 0.29) is 28.3 Å². The summed E-state index contributed by atoms with van der Waals surface area (Å²) in [5.74, 6) is -1.07. The molecule has 0 unspecified atom stereocenters. The molecule has 0 spiro atoms. The van der Waals surface area contributed by atoms with Gasteiger partial charge >= 0.3 is 5.97 Å². The molecule has 0 fully saturated rings. The second-order valence-electron chi connectivity index (χ2n) is 5.27. The lowest BCUT2D eigenvalue weighted by Gasteiger charge is -2.21. The lowest BCUT2D eigenvalue weighted by atomic mass is 9.85. The molecule has 18 heavy (non-hydrogen) atoms. The SMILES string of the molecule is CC(=O)Oc1cc(C(C)(C)C)cc(C(C)=O)c1O. The molecule has 98 valence electrons. The summed E-state index contributed by atoms with van der Waals surface area (Å²) in [5.41, 5.74) is 0.771. The Labute approximate surface area is 107 Å². The van der Waals surface area contributed by atoms with Gasteiger partial charge in [-0.2, -0.15) is 0 Å². The van der Waals surface area contributed by atoms with Crippen molar-refractivity contribution in [2.75, 3.05) is 0 Å². The van der Waals surface area contributed by atoms with Crippen molar-refractivity contribution in [2.24, 2.45) is 0 Å². The number of ether oxygens (including phenoxy) is 1. The number of hydrogen-bond donors (Lipinski definition) is 1. The number of ketones is 1. The molecule has 0 atom stereocenters. The Morgan fingerprint density at radius 2 is 1.72 bits per heavy atom. The fourth-order valence-electron chi connectivity index (χ4n) is 1.54. The summed E-state index contributed by atoms with van der Waals surface area (Å²) in [7, 11) is 0. The molecule has 0 aliphatic carbocycles. The minimum absolute atomic E-state index is 0.0279. The number of rotatable bonds is 2. The number of carbonyl (C=O) groups excluding carboxylic acids is 2. The Hall–Kier alpha value is -1.84. The van der Waals surface area contributed by atoms with Crippen molar-refractivity contribution in [1.82, 2.24) is 0 Å². The maximum absolute atomic E-state index is 11.5. The van der Waals surface area contributed by atoms with Crippen LogP contribution in [0.3, 0.4) is 0 Å². The lowest BCUT2D eigenvalue weighted by molar-refractivity contribution is -0.132. The molecule has 0 saturated heterocycles. The summed E-state index contributed by atoms with van der Waals surface area (Å²) < 4.78 is 4.93. The molecule has 0 aliphatic rings. The number of aromatic hydroxyl groups is 1. The number of Topliss-reactive ketones (excluding diaryl/α,β-unsaturated/α-hetero) is 1. The van der Waals surface area contributed by atoms with Gasteiger partial charge in [-0.3, -0.25) is 9.59 Å². The van der Waals surface area contributed by atoms with Crippen LogP contribution in [0, 0.1) is 0 Å². The fourth-order valence-corrected chi connectivity index (χ4v) is 1.54. The zero-order chi connectivity index (χ0) is 14.1. The number of phenolic OH excluding ortho intramolecular Hbond substituents is 1.